The highest BCUT2D eigenvalue weighted by molar-refractivity contribution is 7.99. The monoisotopic (exact) mass is 440 g/mol. The molecule has 0 saturated carbocycles. The van der Waals surface area contributed by atoms with E-state index in [-0.39, 0.29) is 30.0 Å². The predicted molar refractivity (Wildman–Crippen MR) is 118 cm³/mol. The van der Waals surface area contributed by atoms with E-state index in [2.05, 4.69) is 4.98 Å². The van der Waals surface area contributed by atoms with Crippen LogP contribution in [0.15, 0.2) is 58.5 Å². The number of amides is 1. The number of para-hydroxylation sites is 1. The fourth-order valence-electron chi connectivity index (χ4n) is 4.01. The summed E-state index contributed by atoms with van der Waals surface area (Å²) in [5.41, 5.74) is 1.83. The van der Waals surface area contributed by atoms with Crippen molar-refractivity contribution in [2.45, 2.75) is 36.1 Å². The molecule has 1 amide bonds. The van der Waals surface area contributed by atoms with Crippen molar-refractivity contribution >= 4 is 34.5 Å². The Labute approximate surface area is 185 Å². The predicted octanol–water partition coefficient (Wildman–Crippen LogP) is 4.80. The fraction of sp³-hybridized carbons (Fsp3) is 0.333. The topological polar surface area (TPSA) is 62.4 Å². The summed E-state index contributed by atoms with van der Waals surface area (Å²) in [5, 5.41) is 1.81. The van der Waals surface area contributed by atoms with Crippen molar-refractivity contribution in [1.82, 2.24) is 9.88 Å². The first-order chi connectivity index (χ1) is 15.0. The van der Waals surface area contributed by atoms with Crippen molar-refractivity contribution in [1.29, 1.82) is 0 Å². The van der Waals surface area contributed by atoms with E-state index in [1.54, 1.807) is 17.9 Å². The number of aromatic nitrogens is 1. The molecule has 1 fully saturated rings. The summed E-state index contributed by atoms with van der Waals surface area (Å²) in [4.78, 5) is 31.2. The minimum Gasteiger partial charge on any atom is -0.466 e. The lowest BCUT2D eigenvalue weighted by Crippen LogP contribution is -2.43. The van der Waals surface area contributed by atoms with Gasteiger partial charge in [0, 0.05) is 34.5 Å². The Kier molecular flexibility index (Phi) is 6.61. The van der Waals surface area contributed by atoms with Gasteiger partial charge < -0.3 is 14.6 Å². The molecule has 1 aliphatic heterocycles. The molecule has 2 heterocycles. The molecule has 7 heteroatoms. The number of ether oxygens (including phenoxy) is 1. The molecule has 5 nitrogen and oxygen atoms in total. The van der Waals surface area contributed by atoms with Crippen LogP contribution in [0.25, 0.3) is 10.9 Å². The van der Waals surface area contributed by atoms with Gasteiger partial charge in [0.15, 0.2) is 0 Å². The van der Waals surface area contributed by atoms with E-state index in [0.717, 1.165) is 39.2 Å². The third-order valence-electron chi connectivity index (χ3n) is 5.51. The maximum Gasteiger partial charge on any atom is 0.310 e. The average molecular weight is 441 g/mol. The summed E-state index contributed by atoms with van der Waals surface area (Å²) in [6.07, 6.45) is 1.75. The molecule has 1 saturated heterocycles. The molecule has 0 aliphatic carbocycles. The van der Waals surface area contributed by atoms with Crippen molar-refractivity contribution in [3.05, 3.63) is 59.9 Å². The van der Waals surface area contributed by atoms with Gasteiger partial charge in [-0.15, -0.1) is 0 Å². The van der Waals surface area contributed by atoms with Crippen LogP contribution in [0.5, 0.6) is 0 Å². The number of rotatable bonds is 6. The number of nitrogens with zero attached hydrogens (tertiary/aromatic N) is 1. The number of benzene rings is 2. The van der Waals surface area contributed by atoms with Gasteiger partial charge in [0.05, 0.1) is 24.0 Å². The number of halogens is 1. The zero-order chi connectivity index (χ0) is 21.8. The Morgan fingerprint density at radius 3 is 2.87 bits per heavy atom. The second-order valence-electron chi connectivity index (χ2n) is 7.65. The first-order valence-electron chi connectivity index (χ1n) is 10.5. The van der Waals surface area contributed by atoms with Crippen molar-refractivity contribution in [2.75, 3.05) is 19.7 Å². The number of nitrogens with one attached hydrogen (secondary N) is 1. The number of H-pyrrole nitrogens is 1. The van der Waals surface area contributed by atoms with Crippen molar-refractivity contribution in [2.24, 2.45) is 5.92 Å². The van der Waals surface area contributed by atoms with E-state index in [4.69, 9.17) is 4.74 Å². The van der Waals surface area contributed by atoms with Crippen molar-refractivity contribution in [3.63, 3.8) is 0 Å². The molecule has 3 aromatic rings. The van der Waals surface area contributed by atoms with Gasteiger partial charge in [0.2, 0.25) is 5.91 Å². The Balaban J connectivity index is 1.57. The fourth-order valence-corrected chi connectivity index (χ4v) is 5.03. The Morgan fingerprint density at radius 1 is 1.23 bits per heavy atom. The van der Waals surface area contributed by atoms with Gasteiger partial charge in [0.25, 0.3) is 0 Å². The van der Waals surface area contributed by atoms with Gasteiger partial charge in [-0.1, -0.05) is 36.0 Å². The second kappa shape index (κ2) is 9.56. The van der Waals surface area contributed by atoms with E-state index >= 15 is 0 Å². The summed E-state index contributed by atoms with van der Waals surface area (Å²) in [7, 11) is 0. The van der Waals surface area contributed by atoms with Gasteiger partial charge >= 0.3 is 5.97 Å². The summed E-state index contributed by atoms with van der Waals surface area (Å²) in [6.45, 7) is 3.17. The molecule has 4 rings (SSSR count). The molecule has 1 aliphatic rings. The summed E-state index contributed by atoms with van der Waals surface area (Å²) >= 11 is 1.41. The Bertz CT molecular complexity index is 1100. The average Bonchev–Trinajstić information content (AvgIpc) is 3.11. The maximum atomic E-state index is 13.7. The standard InChI is InChI=1S/C24H25FN2O3S/c1-2-30-24(29)16-7-6-12-27(15-16)22(28)14-20-19-10-3-4-11-21(19)26-23(20)31-18-9-5-8-17(25)13-18/h3-5,8-11,13,16,26H,2,6-7,12,14-15H2,1H3/t16-/m0/s1. The zero-order valence-corrected chi connectivity index (χ0v) is 18.2. The molecule has 31 heavy (non-hydrogen) atoms. The minimum absolute atomic E-state index is 0.0140. The first kappa shape index (κ1) is 21.4. The van der Waals surface area contributed by atoms with Gasteiger partial charge in [-0.2, -0.15) is 0 Å². The number of likely N-dealkylation sites (tertiary alicyclic amines) is 1. The number of carbonyl (C=O) groups excluding carboxylic acids is 2. The van der Waals surface area contributed by atoms with Crippen LogP contribution in [0.1, 0.15) is 25.3 Å². The van der Waals surface area contributed by atoms with E-state index in [1.807, 2.05) is 30.3 Å². The smallest absolute Gasteiger partial charge is 0.310 e. The summed E-state index contributed by atoms with van der Waals surface area (Å²) in [6, 6.07) is 14.3. The van der Waals surface area contributed by atoms with Gasteiger partial charge in [0.1, 0.15) is 5.82 Å². The molecule has 2 aromatic carbocycles. The van der Waals surface area contributed by atoms with Crippen LogP contribution in [0.2, 0.25) is 0 Å². The minimum atomic E-state index is -0.294. The quantitative estimate of drug-likeness (QED) is 0.559. The number of piperidine rings is 1. The molecule has 1 N–H and O–H groups in total. The Hall–Kier alpha value is -2.80. The largest absolute Gasteiger partial charge is 0.466 e. The van der Waals surface area contributed by atoms with Crippen LogP contribution < -0.4 is 0 Å². The van der Waals surface area contributed by atoms with Crippen molar-refractivity contribution < 1.29 is 18.7 Å². The van der Waals surface area contributed by atoms with Crippen LogP contribution in [0.4, 0.5) is 4.39 Å². The lowest BCUT2D eigenvalue weighted by Gasteiger charge is -2.31. The molecule has 0 radical (unpaired) electrons. The number of esters is 1. The molecule has 0 unspecified atom stereocenters. The molecular formula is C24H25FN2O3S. The maximum absolute atomic E-state index is 13.7. The highest BCUT2D eigenvalue weighted by Crippen LogP contribution is 2.35. The molecular weight excluding hydrogens is 415 g/mol. The van der Waals surface area contributed by atoms with Crippen molar-refractivity contribution in [3.8, 4) is 0 Å². The highest BCUT2D eigenvalue weighted by Gasteiger charge is 2.30. The third-order valence-corrected chi connectivity index (χ3v) is 6.55. The SMILES string of the molecule is CCOC(=O)[C@H]1CCCN(C(=O)Cc2c(Sc3cccc(F)c3)[nH]c3ccccc23)C1. The second-order valence-corrected chi connectivity index (χ2v) is 8.73. The molecule has 162 valence electrons. The van der Waals surface area contributed by atoms with Crippen LogP contribution >= 0.6 is 11.8 Å². The zero-order valence-electron chi connectivity index (χ0n) is 17.4. The normalized spacial score (nSPS) is 16.5. The van der Waals surface area contributed by atoms with E-state index in [9.17, 15) is 14.0 Å². The lowest BCUT2D eigenvalue weighted by atomic mass is 9.97. The lowest BCUT2D eigenvalue weighted by molar-refractivity contribution is -0.151. The molecule has 1 atom stereocenters. The number of hydrogen-bond acceptors (Lipinski definition) is 4. The van der Waals surface area contributed by atoms with Gasteiger partial charge in [-0.3, -0.25) is 9.59 Å². The van der Waals surface area contributed by atoms with Crippen LogP contribution in [0, 0.1) is 11.7 Å². The van der Waals surface area contributed by atoms with Crippen LogP contribution in [-0.4, -0.2) is 41.5 Å². The number of carbonyl (C=O) groups is 2. The molecule has 0 spiro atoms. The summed E-state index contributed by atoms with van der Waals surface area (Å²) in [5.74, 6) is -0.798. The number of fused-ring (bicyclic) bond motifs is 1. The van der Waals surface area contributed by atoms with Gasteiger partial charge in [-0.05, 0) is 44.0 Å². The first-order valence-corrected chi connectivity index (χ1v) is 11.3. The third kappa shape index (κ3) is 4.93. The molecule has 1 aromatic heterocycles. The summed E-state index contributed by atoms with van der Waals surface area (Å²) < 4.78 is 18.8. The van der Waals surface area contributed by atoms with Crippen LogP contribution in [-0.2, 0) is 20.7 Å². The van der Waals surface area contributed by atoms with E-state index in [0.29, 0.717) is 19.7 Å². The number of aromatic amines is 1. The molecule has 0 bridgehead atoms. The van der Waals surface area contributed by atoms with E-state index < -0.39 is 0 Å². The van der Waals surface area contributed by atoms with E-state index in [1.165, 1.54) is 23.9 Å². The Morgan fingerprint density at radius 2 is 2.06 bits per heavy atom. The van der Waals surface area contributed by atoms with Gasteiger partial charge in [-0.25, -0.2) is 4.39 Å². The van der Waals surface area contributed by atoms with Crippen LogP contribution in [0.3, 0.4) is 0 Å². The highest BCUT2D eigenvalue weighted by atomic mass is 32.2. The number of hydrogen-bond donors (Lipinski definition) is 1.